The summed E-state index contributed by atoms with van der Waals surface area (Å²) >= 11 is 0. The van der Waals surface area contributed by atoms with Crippen molar-refractivity contribution in [3.8, 4) is 0 Å². The van der Waals surface area contributed by atoms with Gasteiger partial charge in [-0.3, -0.25) is 4.79 Å². The molecule has 2 heterocycles. The average Bonchev–Trinajstić information content (AvgIpc) is 2.79. The number of hydrogen-bond donors (Lipinski definition) is 6. The lowest BCUT2D eigenvalue weighted by Gasteiger charge is -2.36. The zero-order valence-corrected chi connectivity index (χ0v) is 13.2. The van der Waals surface area contributed by atoms with Crippen LogP contribution in [0, 0.1) is 0 Å². The summed E-state index contributed by atoms with van der Waals surface area (Å²) in [6.07, 6.45) is -8.72. The fourth-order valence-electron chi connectivity index (χ4n) is 2.19. The van der Waals surface area contributed by atoms with Gasteiger partial charge in [0.25, 0.3) is 15.9 Å². The van der Waals surface area contributed by atoms with Crippen LogP contribution in [0.25, 0.3) is 0 Å². The molecule has 0 spiro atoms. The molecule has 2 aliphatic rings. The molecule has 6 N–H and O–H groups in total. The number of nitrogens with one attached hydrogen (secondary N) is 1. The number of carbonyl (C=O) groups is 2. The SMILES string of the molecule is O=C(O)[C@H]1O[C@@H](O)[C@H](O)[C@@H](O)[C@@H]1O.O=C1NS(=O)(=O)c2ccccc21. The molecular formula is C13H15NO10S. The number of hydrogen-bond acceptors (Lipinski definition) is 9. The number of ether oxygens (including phenoxy) is 1. The number of aliphatic carboxylic acids is 1. The van der Waals surface area contributed by atoms with E-state index in [0.29, 0.717) is 0 Å². The monoisotopic (exact) mass is 377 g/mol. The van der Waals surface area contributed by atoms with Gasteiger partial charge in [-0.25, -0.2) is 17.9 Å². The number of rotatable bonds is 1. The van der Waals surface area contributed by atoms with Crippen molar-refractivity contribution in [3.63, 3.8) is 0 Å². The van der Waals surface area contributed by atoms with Gasteiger partial charge in [0.15, 0.2) is 12.4 Å². The topological polar surface area (TPSA) is 191 Å². The Morgan fingerprint density at radius 2 is 1.64 bits per heavy atom. The molecule has 12 heteroatoms. The van der Waals surface area contributed by atoms with Crippen molar-refractivity contribution in [3.05, 3.63) is 29.8 Å². The normalized spacial score (nSPS) is 32.8. The molecule has 2 aliphatic heterocycles. The van der Waals surface area contributed by atoms with E-state index in [1.54, 1.807) is 12.1 Å². The van der Waals surface area contributed by atoms with Crippen molar-refractivity contribution in [2.75, 3.05) is 0 Å². The highest BCUT2D eigenvalue weighted by Crippen LogP contribution is 2.21. The van der Waals surface area contributed by atoms with Crippen molar-refractivity contribution >= 4 is 21.9 Å². The van der Waals surface area contributed by atoms with Gasteiger partial charge in [-0.05, 0) is 12.1 Å². The van der Waals surface area contributed by atoms with Crippen LogP contribution in [0.5, 0.6) is 0 Å². The van der Waals surface area contributed by atoms with Gasteiger partial charge in [-0.1, -0.05) is 12.1 Å². The second-order valence-corrected chi connectivity index (χ2v) is 6.84. The second-order valence-electron chi connectivity index (χ2n) is 5.19. The van der Waals surface area contributed by atoms with Crippen LogP contribution in [0.2, 0.25) is 0 Å². The summed E-state index contributed by atoms with van der Waals surface area (Å²) < 4.78 is 28.5. The first kappa shape index (κ1) is 19.2. The summed E-state index contributed by atoms with van der Waals surface area (Å²) in [5.74, 6) is -2.07. The fourth-order valence-corrected chi connectivity index (χ4v) is 3.36. The van der Waals surface area contributed by atoms with E-state index in [-0.39, 0.29) is 10.5 Å². The molecule has 1 amide bonds. The third-order valence-electron chi connectivity index (χ3n) is 3.48. The molecule has 25 heavy (non-hydrogen) atoms. The fraction of sp³-hybridized carbons (Fsp3) is 0.385. The predicted molar refractivity (Wildman–Crippen MR) is 77.6 cm³/mol. The Labute approximate surface area is 141 Å². The van der Waals surface area contributed by atoms with Crippen LogP contribution in [0.15, 0.2) is 29.2 Å². The number of aliphatic hydroxyl groups excluding tert-OH is 4. The molecule has 1 aromatic carbocycles. The summed E-state index contributed by atoms with van der Waals surface area (Å²) in [5.41, 5.74) is 0.220. The number of carbonyl (C=O) groups excluding carboxylic acids is 1. The van der Waals surface area contributed by atoms with Gasteiger partial charge < -0.3 is 30.3 Å². The lowest BCUT2D eigenvalue weighted by Crippen LogP contribution is -2.59. The molecule has 11 nitrogen and oxygen atoms in total. The van der Waals surface area contributed by atoms with Gasteiger partial charge in [0, 0.05) is 0 Å². The Morgan fingerprint density at radius 1 is 1.04 bits per heavy atom. The maximum absolute atomic E-state index is 11.1. The van der Waals surface area contributed by atoms with E-state index < -0.39 is 52.6 Å². The number of carboxylic acid groups (broad SMARTS) is 1. The maximum atomic E-state index is 11.1. The Bertz CT molecular complexity index is 779. The molecule has 0 aliphatic carbocycles. The standard InChI is InChI=1S/C7H5NO3S.C6H10O7/c9-7-5-3-1-2-4-6(5)12(10,11)8-7;7-1-2(8)4(5(10)11)13-6(12)3(1)9/h1-4H,(H,8,9);1-4,6-9,12H,(H,10,11)/t;1-,2-,3+,4-,6+/m.0/s1. The van der Waals surface area contributed by atoms with Crippen molar-refractivity contribution in [2.45, 2.75) is 35.6 Å². The molecule has 0 saturated carbocycles. The van der Waals surface area contributed by atoms with Gasteiger partial charge in [0.1, 0.15) is 23.2 Å². The quantitative estimate of drug-likeness (QED) is 0.294. The number of benzene rings is 1. The first-order valence-electron chi connectivity index (χ1n) is 6.83. The van der Waals surface area contributed by atoms with Crippen LogP contribution < -0.4 is 4.72 Å². The summed E-state index contributed by atoms with van der Waals surface area (Å²) in [6.45, 7) is 0. The van der Waals surface area contributed by atoms with Crippen LogP contribution in [0.3, 0.4) is 0 Å². The number of aliphatic hydroxyl groups is 4. The Kier molecular flexibility index (Phi) is 5.41. The van der Waals surface area contributed by atoms with Gasteiger partial charge >= 0.3 is 5.97 Å². The predicted octanol–water partition coefficient (Wildman–Crippen LogP) is -3.01. The largest absolute Gasteiger partial charge is 0.479 e. The molecule has 1 saturated heterocycles. The van der Waals surface area contributed by atoms with E-state index in [9.17, 15) is 18.0 Å². The molecule has 3 rings (SSSR count). The highest BCUT2D eigenvalue weighted by atomic mass is 32.2. The van der Waals surface area contributed by atoms with Gasteiger partial charge in [0.2, 0.25) is 0 Å². The molecule has 0 bridgehead atoms. The summed E-state index contributed by atoms with van der Waals surface area (Å²) in [5, 5.41) is 44.4. The maximum Gasteiger partial charge on any atom is 0.335 e. The van der Waals surface area contributed by atoms with Crippen LogP contribution in [0.1, 0.15) is 10.4 Å². The number of amides is 1. The Morgan fingerprint density at radius 3 is 2.20 bits per heavy atom. The highest BCUT2D eigenvalue weighted by Gasteiger charge is 2.46. The van der Waals surface area contributed by atoms with E-state index in [0.717, 1.165) is 0 Å². The minimum absolute atomic E-state index is 0.0648. The summed E-state index contributed by atoms with van der Waals surface area (Å²) in [7, 11) is -3.55. The smallest absolute Gasteiger partial charge is 0.335 e. The zero-order chi connectivity index (χ0) is 18.9. The van der Waals surface area contributed by atoms with Crippen LogP contribution in [-0.2, 0) is 19.6 Å². The molecule has 138 valence electrons. The summed E-state index contributed by atoms with van der Waals surface area (Å²) in [6, 6.07) is 6.09. The lowest BCUT2D eigenvalue weighted by molar-refractivity contribution is -0.279. The highest BCUT2D eigenvalue weighted by molar-refractivity contribution is 7.90. The van der Waals surface area contributed by atoms with E-state index >= 15 is 0 Å². The first-order valence-corrected chi connectivity index (χ1v) is 8.31. The van der Waals surface area contributed by atoms with E-state index in [1.807, 2.05) is 4.72 Å². The first-order chi connectivity index (χ1) is 11.6. The van der Waals surface area contributed by atoms with Gasteiger partial charge in [0.05, 0.1) is 5.56 Å². The lowest BCUT2D eigenvalue weighted by atomic mass is 9.99. The molecule has 0 aromatic heterocycles. The van der Waals surface area contributed by atoms with Gasteiger partial charge in [-0.15, -0.1) is 0 Å². The van der Waals surface area contributed by atoms with Crippen LogP contribution >= 0.6 is 0 Å². The molecule has 1 fully saturated rings. The number of sulfonamides is 1. The Balaban J connectivity index is 0.000000181. The van der Waals surface area contributed by atoms with Crippen LogP contribution in [-0.4, -0.2) is 76.5 Å². The summed E-state index contributed by atoms with van der Waals surface area (Å²) in [4.78, 5) is 21.4. The molecule has 5 atom stereocenters. The van der Waals surface area contributed by atoms with E-state index in [4.69, 9.17) is 25.5 Å². The molecular weight excluding hydrogens is 362 g/mol. The zero-order valence-electron chi connectivity index (χ0n) is 12.4. The van der Waals surface area contributed by atoms with E-state index in [1.165, 1.54) is 12.1 Å². The molecule has 0 radical (unpaired) electrons. The Hall–Kier alpha value is -2.09. The van der Waals surface area contributed by atoms with Crippen molar-refractivity contribution < 1.29 is 48.3 Å². The van der Waals surface area contributed by atoms with Gasteiger partial charge in [-0.2, -0.15) is 0 Å². The third-order valence-corrected chi connectivity index (χ3v) is 4.87. The van der Waals surface area contributed by atoms with Crippen molar-refractivity contribution in [1.29, 1.82) is 0 Å². The number of fused-ring (bicyclic) bond motifs is 1. The average molecular weight is 377 g/mol. The second kappa shape index (κ2) is 7.03. The number of carboxylic acids is 1. The molecule has 0 unspecified atom stereocenters. The van der Waals surface area contributed by atoms with Crippen molar-refractivity contribution in [2.24, 2.45) is 0 Å². The van der Waals surface area contributed by atoms with E-state index in [2.05, 4.69) is 4.74 Å². The third kappa shape index (κ3) is 3.78. The van der Waals surface area contributed by atoms with Crippen molar-refractivity contribution in [1.82, 2.24) is 4.72 Å². The molecule has 1 aromatic rings. The van der Waals surface area contributed by atoms with Crippen LogP contribution in [0.4, 0.5) is 0 Å². The minimum Gasteiger partial charge on any atom is -0.479 e. The minimum atomic E-state index is -3.55.